The van der Waals surface area contributed by atoms with Gasteiger partial charge >= 0.3 is 0 Å². The Morgan fingerprint density at radius 1 is 1.31 bits per heavy atom. The van der Waals surface area contributed by atoms with Crippen LogP contribution in [0.5, 0.6) is 0 Å². The van der Waals surface area contributed by atoms with Gasteiger partial charge in [-0.1, -0.05) is 19.1 Å². The van der Waals surface area contributed by atoms with E-state index in [1.54, 1.807) is 7.05 Å². The Morgan fingerprint density at radius 3 is 2.62 bits per heavy atom. The highest BCUT2D eigenvalue weighted by Crippen LogP contribution is 2.72. The molecule has 6 unspecified atom stereocenters. The van der Waals surface area contributed by atoms with Gasteiger partial charge in [-0.25, -0.2) is 10.0 Å². The molecular weight excluding hydrogens is 384 g/mol. The van der Waals surface area contributed by atoms with Gasteiger partial charge in [0.05, 0.1) is 25.3 Å². The molecule has 7 heteroatoms. The van der Waals surface area contributed by atoms with E-state index in [2.05, 4.69) is 53.0 Å². The smallest absolute Gasteiger partial charge is 0.225 e. The molecule has 1 amide bonds. The van der Waals surface area contributed by atoms with Gasteiger partial charge in [0.1, 0.15) is 0 Å². The Kier molecular flexibility index (Phi) is 6.11. The first-order valence-electron chi connectivity index (χ1n) is 10.9. The van der Waals surface area contributed by atoms with Crippen LogP contribution >= 0.6 is 10.0 Å². The minimum absolute atomic E-state index is 0.0161. The molecule has 3 aliphatic heterocycles. The molecule has 3 saturated heterocycles. The van der Waals surface area contributed by atoms with E-state index < -0.39 is 10.0 Å². The summed E-state index contributed by atoms with van der Waals surface area (Å²) >= 11 is 0. The largest absolute Gasteiger partial charge is 0.378 e. The van der Waals surface area contributed by atoms with Gasteiger partial charge in [-0.3, -0.25) is 4.79 Å². The van der Waals surface area contributed by atoms with Gasteiger partial charge in [-0.05, 0) is 42.0 Å². The molecule has 0 saturated carbocycles. The summed E-state index contributed by atoms with van der Waals surface area (Å²) in [6.45, 7) is 6.52. The molecule has 1 aromatic carbocycles. The van der Waals surface area contributed by atoms with E-state index in [0.717, 1.165) is 38.5 Å². The summed E-state index contributed by atoms with van der Waals surface area (Å²) in [6, 6.07) is 9.18. The number of benzene rings is 1. The lowest BCUT2D eigenvalue weighted by molar-refractivity contribution is -0.125. The fourth-order valence-corrected chi connectivity index (χ4v) is 10.4. The molecule has 0 radical (unpaired) electrons. The monoisotopic (exact) mass is 420 g/mol. The fraction of sp³-hybridized carbons (Fsp3) is 0.682. The Labute approximate surface area is 176 Å². The van der Waals surface area contributed by atoms with Crippen molar-refractivity contribution in [3.05, 3.63) is 29.8 Å². The Balaban J connectivity index is 1.62. The van der Waals surface area contributed by atoms with Crippen LogP contribution in [0.2, 0.25) is 0 Å². The Hall–Kier alpha value is -1.28. The fourth-order valence-electron chi connectivity index (χ4n) is 5.73. The lowest BCUT2D eigenvalue weighted by Crippen LogP contribution is -2.59. The maximum Gasteiger partial charge on any atom is 0.225 e. The summed E-state index contributed by atoms with van der Waals surface area (Å²) in [5.41, 5.74) is 9.21. The van der Waals surface area contributed by atoms with E-state index in [1.807, 2.05) is 0 Å². The summed E-state index contributed by atoms with van der Waals surface area (Å²) in [6.07, 6.45) is 3.52. The molecule has 3 fully saturated rings. The Bertz CT molecular complexity index is 724. The third-order valence-electron chi connectivity index (χ3n) is 7.46. The predicted octanol–water partition coefficient (Wildman–Crippen LogP) is 1.66. The van der Waals surface area contributed by atoms with Crippen LogP contribution in [0.3, 0.4) is 0 Å². The number of nitrogens with one attached hydrogen (secondary N) is 2. The van der Waals surface area contributed by atoms with Crippen molar-refractivity contribution in [2.45, 2.75) is 30.0 Å². The minimum atomic E-state index is -1.03. The highest BCUT2D eigenvalue weighted by Gasteiger charge is 2.55. The molecule has 0 bridgehead atoms. The van der Waals surface area contributed by atoms with Crippen molar-refractivity contribution in [2.75, 3.05) is 56.8 Å². The second kappa shape index (κ2) is 8.46. The van der Waals surface area contributed by atoms with Crippen LogP contribution < -0.4 is 21.3 Å². The number of ether oxygens (including phenoxy) is 1. The van der Waals surface area contributed by atoms with Crippen LogP contribution in [0.4, 0.5) is 5.69 Å². The normalized spacial score (nSPS) is 39.4. The van der Waals surface area contributed by atoms with Crippen molar-refractivity contribution < 1.29 is 9.53 Å². The third kappa shape index (κ3) is 3.67. The number of amides is 1. The van der Waals surface area contributed by atoms with Crippen LogP contribution in [-0.4, -0.2) is 69.2 Å². The van der Waals surface area contributed by atoms with E-state index in [4.69, 9.17) is 10.5 Å². The van der Waals surface area contributed by atoms with E-state index in [1.165, 1.54) is 11.3 Å². The molecule has 0 aromatic heterocycles. The van der Waals surface area contributed by atoms with Gasteiger partial charge in [0, 0.05) is 42.9 Å². The number of carbonyl (C=O) groups excluding carboxylic acids is 1. The highest BCUT2D eigenvalue weighted by atomic mass is 32.3. The van der Waals surface area contributed by atoms with Crippen molar-refractivity contribution in [1.29, 1.82) is 0 Å². The van der Waals surface area contributed by atoms with Gasteiger partial charge in [0.15, 0.2) is 0 Å². The topological polar surface area (TPSA) is 79.6 Å². The van der Waals surface area contributed by atoms with Crippen LogP contribution in [0.25, 0.3) is 0 Å². The van der Waals surface area contributed by atoms with Gasteiger partial charge in [-0.2, -0.15) is 0 Å². The second-order valence-corrected chi connectivity index (χ2v) is 12.9. The predicted molar refractivity (Wildman–Crippen MR) is 122 cm³/mol. The van der Waals surface area contributed by atoms with E-state index >= 15 is 0 Å². The summed E-state index contributed by atoms with van der Waals surface area (Å²) in [7, 11) is 0.726. The van der Waals surface area contributed by atoms with Crippen molar-refractivity contribution in [1.82, 2.24) is 10.6 Å². The second-order valence-electron chi connectivity index (χ2n) is 8.72. The van der Waals surface area contributed by atoms with Gasteiger partial charge in [0.2, 0.25) is 5.91 Å². The first-order valence-corrected chi connectivity index (χ1v) is 13.2. The van der Waals surface area contributed by atoms with Crippen LogP contribution in [-0.2, 0) is 9.53 Å². The number of rotatable bonds is 4. The summed E-state index contributed by atoms with van der Waals surface area (Å²) in [5, 5.41) is 7.20. The molecular formula is C22H36N4O2S. The molecule has 4 N–H and O–H groups in total. The number of hydrogen-bond donors (Lipinski definition) is 3. The maximum absolute atomic E-state index is 12.7. The van der Waals surface area contributed by atoms with Crippen LogP contribution in [0.1, 0.15) is 24.2 Å². The molecule has 3 heterocycles. The number of hydrogen-bond acceptors (Lipinski definition) is 5. The molecule has 6 nitrogen and oxygen atoms in total. The van der Waals surface area contributed by atoms with E-state index in [-0.39, 0.29) is 18.0 Å². The summed E-state index contributed by atoms with van der Waals surface area (Å²) < 4.78 is 5.48. The highest BCUT2D eigenvalue weighted by molar-refractivity contribution is 8.34. The lowest BCUT2D eigenvalue weighted by Gasteiger charge is -2.49. The summed E-state index contributed by atoms with van der Waals surface area (Å²) in [4.78, 5) is 15.1. The number of nitrogens with two attached hydrogens (primary N) is 1. The zero-order valence-corrected chi connectivity index (χ0v) is 18.7. The number of carbonyl (C=O) groups is 1. The van der Waals surface area contributed by atoms with E-state index in [0.29, 0.717) is 23.0 Å². The standard InChI is InChI=1S/C22H36N4O2S/c1-4-29(3)19(13-17-20(29)18(22(27)24-2)14-25-21(17)23)15-5-7-16(8-6-15)26-9-11-28-12-10-26/h5-8,17-21,25H,4,9-14,23H2,1-3H3,(H,24,27). The molecule has 6 atom stereocenters. The average molecular weight is 421 g/mol. The first kappa shape index (κ1) is 21.0. The zero-order chi connectivity index (χ0) is 20.6. The number of anilines is 1. The number of fused-ring (bicyclic) bond motifs is 1. The Morgan fingerprint density at radius 2 is 2.00 bits per heavy atom. The molecule has 162 valence electrons. The average Bonchev–Trinajstić information content (AvgIpc) is 3.09. The number of piperidine rings is 1. The molecule has 0 spiro atoms. The molecule has 4 rings (SSSR count). The van der Waals surface area contributed by atoms with Crippen molar-refractivity contribution in [2.24, 2.45) is 17.6 Å². The first-order chi connectivity index (χ1) is 14.0. The van der Waals surface area contributed by atoms with Crippen LogP contribution in [0.15, 0.2) is 24.3 Å². The molecule has 29 heavy (non-hydrogen) atoms. The van der Waals surface area contributed by atoms with Crippen molar-refractivity contribution in [3.8, 4) is 0 Å². The van der Waals surface area contributed by atoms with Crippen molar-refractivity contribution >= 4 is 21.6 Å². The zero-order valence-electron chi connectivity index (χ0n) is 17.9. The quantitative estimate of drug-likeness (QED) is 0.690. The van der Waals surface area contributed by atoms with Gasteiger partial charge in [0.25, 0.3) is 0 Å². The van der Waals surface area contributed by atoms with E-state index in [9.17, 15) is 4.79 Å². The van der Waals surface area contributed by atoms with Crippen LogP contribution in [0, 0.1) is 11.8 Å². The minimum Gasteiger partial charge on any atom is -0.378 e. The lowest BCUT2D eigenvalue weighted by atomic mass is 9.84. The number of morpholine rings is 1. The SMILES string of the molecule is CCS1(C)C(c2ccc(N3CCOCC3)cc2)CC2C(N)NCC(C(=O)NC)C21. The van der Waals surface area contributed by atoms with Gasteiger partial charge < -0.3 is 26.0 Å². The number of nitrogens with zero attached hydrogens (tertiary/aromatic N) is 1. The van der Waals surface area contributed by atoms with Crippen molar-refractivity contribution in [3.63, 3.8) is 0 Å². The molecule has 0 aliphatic carbocycles. The summed E-state index contributed by atoms with van der Waals surface area (Å²) in [5.74, 6) is 1.66. The van der Waals surface area contributed by atoms with Gasteiger partial charge in [-0.15, -0.1) is 0 Å². The molecule has 1 aromatic rings. The maximum atomic E-state index is 12.7. The third-order valence-corrected chi connectivity index (χ3v) is 12.4. The molecule has 3 aliphatic rings.